The molecule has 0 aliphatic heterocycles. The molecule has 0 aromatic heterocycles. The van der Waals surface area contributed by atoms with Crippen LogP contribution in [0.25, 0.3) is 0 Å². The van der Waals surface area contributed by atoms with Crippen LogP contribution < -0.4 is 4.89 Å². The Labute approximate surface area is 258 Å². The quantitative estimate of drug-likeness (QED) is 0.0298. The van der Waals surface area contributed by atoms with E-state index in [1.807, 2.05) is 21.1 Å². The van der Waals surface area contributed by atoms with E-state index < -0.39 is 26.9 Å². The molecule has 0 fully saturated rings. The summed E-state index contributed by atoms with van der Waals surface area (Å²) in [5.74, 6) is -0.801. The van der Waals surface area contributed by atoms with Crippen molar-refractivity contribution in [1.29, 1.82) is 0 Å². The molecule has 1 N–H and O–H groups in total. The van der Waals surface area contributed by atoms with Gasteiger partial charge in [0, 0.05) is 12.8 Å². The van der Waals surface area contributed by atoms with Crippen LogP contribution in [0.15, 0.2) is 0 Å². The van der Waals surface area contributed by atoms with Gasteiger partial charge < -0.3 is 18.9 Å². The van der Waals surface area contributed by atoms with Gasteiger partial charge in [-0.15, -0.1) is 0 Å². The molecular weight excluding hydrogens is 558 g/mol. The highest BCUT2D eigenvalue weighted by atomic mass is 31.2. The second-order valence-electron chi connectivity index (χ2n) is 12.6. The molecule has 0 saturated carbocycles. The Morgan fingerprint density at radius 2 is 1.10 bits per heavy atom. The highest BCUT2D eigenvalue weighted by Gasteiger charge is 2.31. The SMILES string of the molecule is CCCCCCCCCCCC(=O)OC[C@H](CO[P+]([O-])(O)OCC[15N+](C)(C)C)OC(=O)CCCCCCCCCCC. The van der Waals surface area contributed by atoms with Gasteiger partial charge in [0.25, 0.3) is 0 Å². The molecule has 42 heavy (non-hydrogen) atoms. The number of likely N-dealkylation sites (N-methyl/N-ethyl adjacent to an activating group) is 1. The van der Waals surface area contributed by atoms with Gasteiger partial charge in [-0.05, 0) is 12.8 Å². The van der Waals surface area contributed by atoms with Crippen LogP contribution in [0, 0.1) is 0 Å². The first-order chi connectivity index (χ1) is 20.0. The zero-order valence-electron chi connectivity index (χ0n) is 27.7. The lowest BCUT2D eigenvalue weighted by Gasteiger charge is -2.26. The number of nitrogens with zero attached hydrogens (tertiary/aromatic N) is 1. The lowest BCUT2D eigenvalue weighted by molar-refractivity contribution is -0.870. The number of carbonyl (C=O) groups excluding carboxylic acids is 2. The molecule has 0 amide bonds. The van der Waals surface area contributed by atoms with Crippen LogP contribution in [0.5, 0.6) is 0 Å². The van der Waals surface area contributed by atoms with E-state index in [9.17, 15) is 19.4 Å². The maximum Gasteiger partial charge on any atom is 0.377 e. The van der Waals surface area contributed by atoms with Gasteiger partial charge in [-0.3, -0.25) is 9.59 Å². The number of phosphoric ester groups is 1. The van der Waals surface area contributed by atoms with E-state index in [1.54, 1.807) is 0 Å². The van der Waals surface area contributed by atoms with Crippen LogP contribution in [0.4, 0.5) is 0 Å². The van der Waals surface area contributed by atoms with E-state index in [0.717, 1.165) is 32.1 Å². The topological polar surface area (TPSA) is 114 Å². The Morgan fingerprint density at radius 3 is 1.55 bits per heavy atom. The Balaban J connectivity index is 4.50. The normalized spacial score (nSPS) is 14.0. The lowest BCUT2D eigenvalue weighted by Crippen LogP contribution is -2.38. The summed E-state index contributed by atoms with van der Waals surface area (Å²) in [5.41, 5.74) is 0. The van der Waals surface area contributed by atoms with Crippen LogP contribution in [0.1, 0.15) is 142 Å². The summed E-state index contributed by atoms with van der Waals surface area (Å²) in [6.45, 7) is 4.36. The van der Waals surface area contributed by atoms with Crippen molar-refractivity contribution in [2.24, 2.45) is 0 Å². The van der Waals surface area contributed by atoms with Gasteiger partial charge in [-0.2, -0.15) is 13.9 Å². The van der Waals surface area contributed by atoms with E-state index in [1.165, 1.54) is 77.0 Å². The highest BCUT2D eigenvalue weighted by molar-refractivity contribution is 7.52. The molecule has 0 spiro atoms. The number of unbranched alkanes of at least 4 members (excludes halogenated alkanes) is 16. The summed E-state index contributed by atoms with van der Waals surface area (Å²) < 4.78 is 21.6. The smallest absolute Gasteiger partial charge is 0.377 e. The third-order valence-electron chi connectivity index (χ3n) is 7.14. The van der Waals surface area contributed by atoms with E-state index >= 15 is 0 Å². The molecule has 0 heterocycles. The van der Waals surface area contributed by atoms with E-state index in [0.29, 0.717) is 23.9 Å². The van der Waals surface area contributed by atoms with Gasteiger partial charge in [0.1, 0.15) is 26.4 Å². The van der Waals surface area contributed by atoms with Gasteiger partial charge in [0.15, 0.2) is 6.10 Å². The minimum Gasteiger partial charge on any atom is -0.606 e. The first-order valence-electron chi connectivity index (χ1n) is 16.8. The average Bonchev–Trinajstić information content (AvgIpc) is 2.92. The molecule has 0 saturated heterocycles. The van der Waals surface area contributed by atoms with Crippen LogP contribution in [0.3, 0.4) is 0 Å². The molecule has 0 aromatic rings. The summed E-state index contributed by atoms with van der Waals surface area (Å²) in [6.07, 6.45) is 20.2. The molecular formula is C32H65NO8P+. The standard InChI is InChI=1S/C32H64NO8P/c1-6-8-10-12-14-16-18-20-22-24-31(34)38-28-30(29-40-42(36,37)39-27-26-33(3,4)5)41-32(35)25-23-21-19-17-15-13-11-9-7-2/h30H,6-29H2,1-5H3/p+1/t30-/m1/s1/i33+1. The third kappa shape index (κ3) is 29.3. The fourth-order valence-electron chi connectivity index (χ4n) is 4.42. The summed E-state index contributed by atoms with van der Waals surface area (Å²) in [6, 6.07) is 0. The zero-order chi connectivity index (χ0) is 31.5. The number of quaternary nitrogens is 1. The molecule has 9 nitrogen and oxygen atoms in total. The molecule has 2 atom stereocenters. The fourth-order valence-corrected chi connectivity index (χ4v) is 5.17. The molecule has 10 heteroatoms. The van der Waals surface area contributed by atoms with Crippen molar-refractivity contribution < 1.29 is 42.4 Å². The van der Waals surface area contributed by atoms with E-state index in [4.69, 9.17) is 18.5 Å². The number of esters is 2. The summed E-state index contributed by atoms with van der Waals surface area (Å²) in [7, 11) is 1.48. The largest absolute Gasteiger partial charge is 0.606 e. The molecule has 0 rings (SSSR count). The molecule has 0 radical (unpaired) electrons. The van der Waals surface area contributed by atoms with Crippen LogP contribution in [-0.2, 0) is 28.1 Å². The van der Waals surface area contributed by atoms with Gasteiger partial charge in [0.2, 0.25) is 0 Å². The van der Waals surface area contributed by atoms with Crippen LogP contribution in [0.2, 0.25) is 0 Å². The summed E-state index contributed by atoms with van der Waals surface area (Å²) in [4.78, 5) is 47.2. The van der Waals surface area contributed by atoms with Crippen molar-refractivity contribution in [2.45, 2.75) is 148 Å². The predicted molar refractivity (Wildman–Crippen MR) is 168 cm³/mol. The molecule has 0 aliphatic carbocycles. The Kier molecular flexibility index (Phi) is 26.0. The average molecular weight is 624 g/mol. The Hall–Kier alpha value is -0.830. The van der Waals surface area contributed by atoms with Gasteiger partial charge in [0.05, 0.1) is 21.1 Å². The van der Waals surface area contributed by atoms with Crippen molar-refractivity contribution in [2.75, 3.05) is 47.5 Å². The zero-order valence-corrected chi connectivity index (χ0v) is 28.6. The Bertz CT molecular complexity index is 657. The van der Waals surface area contributed by atoms with Gasteiger partial charge >= 0.3 is 20.1 Å². The minimum atomic E-state index is -4.35. The minimum absolute atomic E-state index is 0.0358. The van der Waals surface area contributed by atoms with Gasteiger partial charge in [-0.25, -0.2) is 0 Å². The molecule has 250 valence electrons. The predicted octanol–water partition coefficient (Wildman–Crippen LogP) is 7.05. The van der Waals surface area contributed by atoms with Crippen molar-refractivity contribution >= 4 is 20.1 Å². The maximum absolute atomic E-state index is 12.5. The van der Waals surface area contributed by atoms with E-state index in [-0.39, 0.29) is 25.6 Å². The fraction of sp³-hybridized carbons (Fsp3) is 0.938. The van der Waals surface area contributed by atoms with E-state index in [2.05, 4.69) is 13.8 Å². The number of rotatable bonds is 30. The van der Waals surface area contributed by atoms with Gasteiger partial charge in [-0.1, -0.05) is 117 Å². The highest BCUT2D eigenvalue weighted by Crippen LogP contribution is 2.47. The number of ether oxygens (including phenoxy) is 2. The monoisotopic (exact) mass is 623 g/mol. The maximum atomic E-state index is 12.5. The molecule has 0 aliphatic rings. The van der Waals surface area contributed by atoms with Crippen molar-refractivity contribution in [1.82, 2.24) is 0 Å². The molecule has 0 bridgehead atoms. The summed E-state index contributed by atoms with van der Waals surface area (Å²) >= 11 is 0. The van der Waals surface area contributed by atoms with Crippen LogP contribution in [-0.4, -0.2) is 74.9 Å². The molecule has 0 aromatic carbocycles. The molecule has 1 unspecified atom stereocenters. The second-order valence-corrected chi connectivity index (χ2v) is 14.0. The Morgan fingerprint density at radius 1 is 0.667 bits per heavy atom. The second kappa shape index (κ2) is 26.6. The van der Waals surface area contributed by atoms with Crippen molar-refractivity contribution in [3.05, 3.63) is 0 Å². The summed E-state index contributed by atoms with van der Waals surface area (Å²) in [5, 5.41) is 0. The van der Waals surface area contributed by atoms with Crippen molar-refractivity contribution in [3.8, 4) is 0 Å². The number of phosphoric acid groups is 1. The first kappa shape index (κ1) is 41.2. The number of hydrogen-bond acceptors (Lipinski definition) is 8. The number of carbonyl (C=O) groups is 2. The third-order valence-corrected chi connectivity index (χ3v) is 8.12. The van der Waals surface area contributed by atoms with Crippen LogP contribution >= 0.6 is 8.17 Å². The van der Waals surface area contributed by atoms with Crippen molar-refractivity contribution in [3.63, 3.8) is 0 Å². The lowest BCUT2D eigenvalue weighted by atomic mass is 10.1. The first-order valence-corrected chi connectivity index (χ1v) is 18.3. The number of hydrogen-bond donors (Lipinski definition) is 1.